The summed E-state index contributed by atoms with van der Waals surface area (Å²) in [5, 5.41) is 6.05. The Morgan fingerprint density at radius 1 is 0.857 bits per heavy atom. The predicted molar refractivity (Wildman–Crippen MR) is 69.8 cm³/mol. The highest BCUT2D eigenvalue weighted by molar-refractivity contribution is 6.85. The molecule has 0 atom stereocenters. The first-order valence-electron chi connectivity index (χ1n) is 4.72. The Kier molecular flexibility index (Phi) is 4.93. The van der Waals surface area contributed by atoms with Gasteiger partial charge in [-0.2, -0.15) is 0 Å². The molecule has 0 radical (unpaired) electrons. The molecule has 14 heavy (non-hydrogen) atoms. The zero-order valence-electron chi connectivity index (χ0n) is 10.3. The average Bonchev–Trinajstić information content (AvgIpc) is 1.78. The molecule has 0 bridgehead atoms. The van der Waals surface area contributed by atoms with Crippen LogP contribution in [0.15, 0.2) is 0 Å². The van der Waals surface area contributed by atoms with Gasteiger partial charge in [0.2, 0.25) is 0 Å². The minimum Gasteiger partial charge on any atom is -0.414 e. The lowest BCUT2D eigenvalue weighted by Gasteiger charge is -2.35. The molecular formula is C6H23NO3Si4. The zero-order valence-corrected chi connectivity index (χ0v) is 15.3. The largest absolute Gasteiger partial charge is 0.561 e. The summed E-state index contributed by atoms with van der Waals surface area (Å²) in [6.07, 6.45) is 0. The molecule has 0 rings (SSSR count). The summed E-state index contributed by atoms with van der Waals surface area (Å²) in [5.74, 6) is 0. The standard InChI is InChI=1S/C6H23NO3Si4/c1-12(2,3)9-14(7,8-11)10-13(4,5)6/h7H2,1-6,11H3. The molecule has 86 valence electrons. The quantitative estimate of drug-likeness (QED) is 0.733. The lowest BCUT2D eigenvalue weighted by Crippen LogP contribution is -2.63. The molecule has 0 fully saturated rings. The van der Waals surface area contributed by atoms with E-state index in [4.69, 9.17) is 17.7 Å². The topological polar surface area (TPSA) is 53.7 Å². The fourth-order valence-electron chi connectivity index (χ4n) is 0.958. The first kappa shape index (κ1) is 14.7. The molecule has 0 amide bonds. The van der Waals surface area contributed by atoms with Crippen LogP contribution in [0.3, 0.4) is 0 Å². The van der Waals surface area contributed by atoms with Gasteiger partial charge in [0.15, 0.2) is 16.6 Å². The van der Waals surface area contributed by atoms with Crippen molar-refractivity contribution in [2.24, 2.45) is 5.40 Å². The average molecular weight is 270 g/mol. The Morgan fingerprint density at radius 2 is 1.14 bits per heavy atom. The van der Waals surface area contributed by atoms with Crippen molar-refractivity contribution >= 4 is 36.1 Å². The van der Waals surface area contributed by atoms with Crippen molar-refractivity contribution in [2.75, 3.05) is 0 Å². The van der Waals surface area contributed by atoms with E-state index in [-0.39, 0.29) is 0 Å². The third kappa shape index (κ3) is 7.06. The van der Waals surface area contributed by atoms with Crippen molar-refractivity contribution in [3.63, 3.8) is 0 Å². The summed E-state index contributed by atoms with van der Waals surface area (Å²) in [6.45, 7) is 12.6. The summed E-state index contributed by atoms with van der Waals surface area (Å²) >= 11 is 0. The molecule has 0 aromatic carbocycles. The van der Waals surface area contributed by atoms with Crippen LogP contribution >= 0.6 is 0 Å². The van der Waals surface area contributed by atoms with Gasteiger partial charge in [-0.15, -0.1) is 0 Å². The molecule has 0 heterocycles. The van der Waals surface area contributed by atoms with Crippen LogP contribution in [-0.4, -0.2) is 36.1 Å². The van der Waals surface area contributed by atoms with Crippen molar-refractivity contribution in [1.82, 2.24) is 0 Å². The molecule has 0 aliphatic heterocycles. The van der Waals surface area contributed by atoms with Crippen LogP contribution < -0.4 is 5.40 Å². The summed E-state index contributed by atoms with van der Waals surface area (Å²) in [5.41, 5.74) is 0. The van der Waals surface area contributed by atoms with Crippen molar-refractivity contribution < 1.29 is 12.3 Å². The summed E-state index contributed by atoms with van der Waals surface area (Å²) in [6, 6.07) is 0. The molecule has 0 spiro atoms. The molecule has 0 aromatic heterocycles. The van der Waals surface area contributed by atoms with Gasteiger partial charge < -0.3 is 12.3 Å². The van der Waals surface area contributed by atoms with Crippen molar-refractivity contribution in [1.29, 1.82) is 0 Å². The maximum absolute atomic E-state index is 6.05. The molecule has 0 saturated carbocycles. The Balaban J connectivity index is 4.49. The minimum absolute atomic E-state index is 0.565. The van der Waals surface area contributed by atoms with Crippen LogP contribution in [0.1, 0.15) is 0 Å². The van der Waals surface area contributed by atoms with Crippen LogP contribution in [0, 0.1) is 0 Å². The monoisotopic (exact) mass is 269 g/mol. The smallest absolute Gasteiger partial charge is 0.414 e. The Labute approximate surface area is 93.4 Å². The van der Waals surface area contributed by atoms with E-state index in [1.165, 1.54) is 0 Å². The van der Waals surface area contributed by atoms with Gasteiger partial charge in [0.05, 0.1) is 0 Å². The van der Waals surface area contributed by atoms with E-state index >= 15 is 0 Å². The van der Waals surface area contributed by atoms with Crippen LogP contribution in [0.5, 0.6) is 0 Å². The molecule has 0 saturated heterocycles. The first-order chi connectivity index (χ1) is 5.97. The molecule has 4 nitrogen and oxygen atoms in total. The van der Waals surface area contributed by atoms with E-state index in [1.54, 1.807) is 0 Å². The highest BCUT2D eigenvalue weighted by atomic mass is 28.5. The number of hydrogen-bond donors (Lipinski definition) is 1. The second-order valence-electron chi connectivity index (χ2n) is 5.24. The lowest BCUT2D eigenvalue weighted by atomic mass is 11.8. The van der Waals surface area contributed by atoms with Gasteiger partial charge in [-0.05, 0) is 39.3 Å². The predicted octanol–water partition coefficient (Wildman–Crippen LogP) is 0.381. The van der Waals surface area contributed by atoms with Crippen LogP contribution in [-0.2, 0) is 12.3 Å². The normalized spacial score (nSPS) is 14.8. The minimum atomic E-state index is -2.81. The van der Waals surface area contributed by atoms with Gasteiger partial charge in [-0.1, -0.05) is 0 Å². The van der Waals surface area contributed by atoms with Crippen molar-refractivity contribution in [3.05, 3.63) is 0 Å². The van der Waals surface area contributed by atoms with Gasteiger partial charge in [0, 0.05) is 0 Å². The third-order valence-corrected chi connectivity index (χ3v) is 10.6. The van der Waals surface area contributed by atoms with Gasteiger partial charge in [-0.25, -0.2) is 0 Å². The van der Waals surface area contributed by atoms with Crippen molar-refractivity contribution in [2.45, 2.75) is 39.3 Å². The maximum Gasteiger partial charge on any atom is 0.561 e. The molecule has 0 aliphatic carbocycles. The van der Waals surface area contributed by atoms with Crippen LogP contribution in [0.25, 0.3) is 0 Å². The van der Waals surface area contributed by atoms with Crippen LogP contribution in [0.2, 0.25) is 39.3 Å². The van der Waals surface area contributed by atoms with Gasteiger partial charge in [0.25, 0.3) is 0 Å². The van der Waals surface area contributed by atoms with E-state index in [1.807, 2.05) is 0 Å². The third-order valence-electron chi connectivity index (χ3n) is 1.18. The molecular weight excluding hydrogens is 246 g/mol. The number of rotatable bonds is 5. The molecule has 0 aliphatic rings. The molecule has 0 aromatic rings. The van der Waals surface area contributed by atoms with E-state index in [9.17, 15) is 0 Å². The summed E-state index contributed by atoms with van der Waals surface area (Å²) < 4.78 is 17.0. The highest BCUT2D eigenvalue weighted by Gasteiger charge is 2.43. The SMILES string of the molecule is C[Si](C)(C)O[Si](N)(O[SiH3])O[Si](C)(C)C. The molecule has 8 heteroatoms. The van der Waals surface area contributed by atoms with Gasteiger partial charge in [0.1, 0.15) is 10.5 Å². The maximum atomic E-state index is 6.05. The fourth-order valence-corrected chi connectivity index (χ4v) is 10.5. The van der Waals surface area contributed by atoms with Crippen molar-refractivity contribution in [3.8, 4) is 0 Å². The van der Waals surface area contributed by atoms with E-state index in [0.29, 0.717) is 10.5 Å². The second kappa shape index (κ2) is 4.70. The number of hydrogen-bond acceptors (Lipinski definition) is 4. The fraction of sp³-hybridized carbons (Fsp3) is 1.00. The van der Waals surface area contributed by atoms with E-state index in [0.717, 1.165) is 0 Å². The van der Waals surface area contributed by atoms with E-state index in [2.05, 4.69) is 39.3 Å². The summed E-state index contributed by atoms with van der Waals surface area (Å²) in [7, 11) is -5.61. The zero-order chi connectivity index (χ0) is 11.6. The van der Waals surface area contributed by atoms with Crippen LogP contribution in [0.4, 0.5) is 0 Å². The first-order valence-corrected chi connectivity index (χ1v) is 14.2. The summed E-state index contributed by atoms with van der Waals surface area (Å²) in [4.78, 5) is 0. The lowest BCUT2D eigenvalue weighted by molar-refractivity contribution is 0.268. The molecule has 0 unspecified atom stereocenters. The number of nitrogens with two attached hydrogens (primary N) is 1. The van der Waals surface area contributed by atoms with E-state index < -0.39 is 25.6 Å². The van der Waals surface area contributed by atoms with Gasteiger partial charge >= 0.3 is 8.97 Å². The Bertz CT molecular complexity index is 172. The second-order valence-corrected chi connectivity index (χ2v) is 18.2. The Hall–Kier alpha value is 0.708. The molecule has 2 N–H and O–H groups in total. The Morgan fingerprint density at radius 3 is 1.29 bits per heavy atom. The highest BCUT2D eigenvalue weighted by Crippen LogP contribution is 2.16. The van der Waals surface area contributed by atoms with Gasteiger partial charge in [-0.3, -0.25) is 5.40 Å².